The maximum absolute atomic E-state index is 12.1. The van der Waals surface area contributed by atoms with E-state index in [0.717, 1.165) is 12.0 Å². The van der Waals surface area contributed by atoms with E-state index in [4.69, 9.17) is 0 Å². The summed E-state index contributed by atoms with van der Waals surface area (Å²) in [5.74, 6) is 6.09. The first-order valence-electron chi connectivity index (χ1n) is 6.89. The molecule has 1 aliphatic heterocycles. The Hall–Kier alpha value is -2.18. The molecule has 1 heterocycles. The van der Waals surface area contributed by atoms with E-state index in [1.807, 2.05) is 42.5 Å². The standard InChI is InChI=1S/C18H15NOS/c20-18(17-13-15-10-4-5-11-16(15)21-17)19-12-6-9-14-7-2-1-3-8-14/h1-5,7-8,10-11,17H,12-13H2,(H,19,20)/t17-/m0/s1. The largest absolute Gasteiger partial charge is 0.344 e. The first kappa shape index (κ1) is 13.8. The summed E-state index contributed by atoms with van der Waals surface area (Å²) < 4.78 is 0. The van der Waals surface area contributed by atoms with Crippen molar-refractivity contribution in [1.82, 2.24) is 5.32 Å². The van der Waals surface area contributed by atoms with E-state index in [1.165, 1.54) is 10.5 Å². The number of carbonyl (C=O) groups excluding carboxylic acids is 1. The summed E-state index contributed by atoms with van der Waals surface area (Å²) in [7, 11) is 0. The molecule has 0 spiro atoms. The predicted octanol–water partition coefficient (Wildman–Crippen LogP) is 2.87. The van der Waals surface area contributed by atoms with Gasteiger partial charge in [0.2, 0.25) is 5.91 Å². The summed E-state index contributed by atoms with van der Waals surface area (Å²) in [4.78, 5) is 13.3. The molecule has 3 heteroatoms. The highest BCUT2D eigenvalue weighted by Crippen LogP contribution is 2.36. The van der Waals surface area contributed by atoms with Crippen molar-refractivity contribution < 1.29 is 4.79 Å². The highest BCUT2D eigenvalue weighted by molar-refractivity contribution is 8.01. The van der Waals surface area contributed by atoms with Gasteiger partial charge in [-0.05, 0) is 30.2 Å². The molecule has 0 radical (unpaired) electrons. The molecule has 0 saturated heterocycles. The number of fused-ring (bicyclic) bond motifs is 1. The highest BCUT2D eigenvalue weighted by atomic mass is 32.2. The van der Waals surface area contributed by atoms with Crippen LogP contribution in [-0.4, -0.2) is 17.7 Å². The summed E-state index contributed by atoms with van der Waals surface area (Å²) in [6, 6.07) is 18.0. The zero-order valence-electron chi connectivity index (χ0n) is 11.5. The Morgan fingerprint density at radius 1 is 1.14 bits per heavy atom. The van der Waals surface area contributed by atoms with Gasteiger partial charge in [0, 0.05) is 10.5 Å². The molecule has 2 aromatic rings. The van der Waals surface area contributed by atoms with Crippen LogP contribution in [0.4, 0.5) is 0 Å². The van der Waals surface area contributed by atoms with Crippen LogP contribution in [0.2, 0.25) is 0 Å². The van der Waals surface area contributed by atoms with Crippen molar-refractivity contribution in [2.24, 2.45) is 0 Å². The van der Waals surface area contributed by atoms with Crippen LogP contribution in [0.15, 0.2) is 59.5 Å². The van der Waals surface area contributed by atoms with E-state index in [0.29, 0.717) is 6.54 Å². The van der Waals surface area contributed by atoms with Crippen LogP contribution in [0.5, 0.6) is 0 Å². The second kappa shape index (κ2) is 6.51. The van der Waals surface area contributed by atoms with Crippen LogP contribution in [0.25, 0.3) is 0 Å². The molecule has 0 bridgehead atoms. The van der Waals surface area contributed by atoms with E-state index in [2.05, 4.69) is 29.3 Å². The lowest BCUT2D eigenvalue weighted by Crippen LogP contribution is -2.32. The Balaban J connectivity index is 1.51. The first-order valence-corrected chi connectivity index (χ1v) is 7.77. The van der Waals surface area contributed by atoms with E-state index in [-0.39, 0.29) is 11.2 Å². The molecule has 0 saturated carbocycles. The van der Waals surface area contributed by atoms with Gasteiger partial charge in [-0.25, -0.2) is 0 Å². The number of thioether (sulfide) groups is 1. The zero-order chi connectivity index (χ0) is 14.5. The Bertz CT molecular complexity index is 675. The molecule has 1 aliphatic rings. The number of nitrogens with one attached hydrogen (secondary N) is 1. The molecule has 2 nitrogen and oxygen atoms in total. The summed E-state index contributed by atoms with van der Waals surface area (Å²) in [6.45, 7) is 0.390. The molecule has 0 aromatic heterocycles. The van der Waals surface area contributed by atoms with E-state index < -0.39 is 0 Å². The molecule has 0 aliphatic carbocycles. The van der Waals surface area contributed by atoms with Gasteiger partial charge in [0.25, 0.3) is 0 Å². The maximum Gasteiger partial charge on any atom is 0.234 e. The Morgan fingerprint density at radius 2 is 1.90 bits per heavy atom. The average molecular weight is 293 g/mol. The molecule has 1 atom stereocenters. The lowest BCUT2D eigenvalue weighted by Gasteiger charge is -2.07. The third-order valence-corrected chi connectivity index (χ3v) is 4.61. The van der Waals surface area contributed by atoms with E-state index >= 15 is 0 Å². The maximum atomic E-state index is 12.1. The van der Waals surface area contributed by atoms with Crippen LogP contribution < -0.4 is 5.32 Å². The minimum Gasteiger partial charge on any atom is -0.344 e. The van der Waals surface area contributed by atoms with Crippen LogP contribution in [0, 0.1) is 11.8 Å². The van der Waals surface area contributed by atoms with Crippen LogP contribution in [0.3, 0.4) is 0 Å². The molecule has 2 aromatic carbocycles. The van der Waals surface area contributed by atoms with Crippen molar-refractivity contribution in [3.05, 3.63) is 65.7 Å². The lowest BCUT2D eigenvalue weighted by atomic mass is 10.1. The third kappa shape index (κ3) is 3.48. The van der Waals surface area contributed by atoms with Gasteiger partial charge in [0.1, 0.15) is 0 Å². The number of hydrogen-bond donors (Lipinski definition) is 1. The summed E-state index contributed by atoms with van der Waals surface area (Å²) in [5, 5.41) is 2.87. The predicted molar refractivity (Wildman–Crippen MR) is 86.1 cm³/mol. The van der Waals surface area contributed by atoms with Crippen LogP contribution in [-0.2, 0) is 11.2 Å². The second-order valence-electron chi connectivity index (χ2n) is 4.80. The fourth-order valence-corrected chi connectivity index (χ4v) is 3.46. The number of carbonyl (C=O) groups is 1. The molecule has 1 amide bonds. The second-order valence-corrected chi connectivity index (χ2v) is 6.05. The SMILES string of the molecule is O=C(NCC#Cc1ccccc1)[C@@H]1Cc2ccccc2S1. The molecular weight excluding hydrogens is 278 g/mol. The minimum atomic E-state index is -0.0269. The molecule has 21 heavy (non-hydrogen) atoms. The molecule has 0 fully saturated rings. The van der Waals surface area contributed by atoms with Crippen LogP contribution in [0.1, 0.15) is 11.1 Å². The Kier molecular flexibility index (Phi) is 4.28. The molecule has 104 valence electrons. The van der Waals surface area contributed by atoms with Gasteiger partial charge in [-0.3, -0.25) is 4.79 Å². The Morgan fingerprint density at radius 3 is 2.71 bits per heavy atom. The van der Waals surface area contributed by atoms with Gasteiger partial charge in [-0.15, -0.1) is 11.8 Å². The van der Waals surface area contributed by atoms with Crippen molar-refractivity contribution in [1.29, 1.82) is 0 Å². The van der Waals surface area contributed by atoms with Crippen LogP contribution >= 0.6 is 11.8 Å². The van der Waals surface area contributed by atoms with Gasteiger partial charge in [0.05, 0.1) is 11.8 Å². The topological polar surface area (TPSA) is 29.1 Å². The van der Waals surface area contributed by atoms with Gasteiger partial charge >= 0.3 is 0 Å². The summed E-state index contributed by atoms with van der Waals surface area (Å²) in [6.07, 6.45) is 0.804. The summed E-state index contributed by atoms with van der Waals surface area (Å²) in [5.41, 5.74) is 2.23. The number of amides is 1. The van der Waals surface area contributed by atoms with Crippen molar-refractivity contribution in [2.45, 2.75) is 16.6 Å². The number of hydrogen-bond acceptors (Lipinski definition) is 2. The number of rotatable bonds is 2. The molecule has 3 rings (SSSR count). The van der Waals surface area contributed by atoms with E-state index in [9.17, 15) is 4.79 Å². The molecular formula is C18H15NOS. The fraction of sp³-hybridized carbons (Fsp3) is 0.167. The van der Waals surface area contributed by atoms with Gasteiger partial charge in [-0.1, -0.05) is 48.2 Å². The highest BCUT2D eigenvalue weighted by Gasteiger charge is 2.27. The van der Waals surface area contributed by atoms with Gasteiger partial charge in [0.15, 0.2) is 0 Å². The van der Waals surface area contributed by atoms with E-state index in [1.54, 1.807) is 11.8 Å². The monoisotopic (exact) mass is 293 g/mol. The third-order valence-electron chi connectivity index (χ3n) is 3.30. The number of benzene rings is 2. The molecule has 0 unspecified atom stereocenters. The van der Waals surface area contributed by atoms with Crippen molar-refractivity contribution in [2.75, 3.05) is 6.54 Å². The average Bonchev–Trinajstić information content (AvgIpc) is 2.96. The summed E-state index contributed by atoms with van der Waals surface area (Å²) >= 11 is 1.64. The molecule has 1 N–H and O–H groups in total. The van der Waals surface area contributed by atoms with Crippen molar-refractivity contribution in [3.63, 3.8) is 0 Å². The first-order chi connectivity index (χ1) is 10.3. The minimum absolute atomic E-state index is 0.0269. The smallest absolute Gasteiger partial charge is 0.234 e. The van der Waals surface area contributed by atoms with Gasteiger partial charge in [-0.2, -0.15) is 0 Å². The van der Waals surface area contributed by atoms with Crippen molar-refractivity contribution >= 4 is 17.7 Å². The Labute approximate surface area is 129 Å². The zero-order valence-corrected chi connectivity index (χ0v) is 12.3. The normalized spacial score (nSPS) is 15.7. The lowest BCUT2D eigenvalue weighted by molar-refractivity contribution is -0.120. The van der Waals surface area contributed by atoms with Crippen molar-refractivity contribution in [3.8, 4) is 11.8 Å². The fourth-order valence-electron chi connectivity index (χ4n) is 2.24. The quantitative estimate of drug-likeness (QED) is 0.863. The van der Waals surface area contributed by atoms with Gasteiger partial charge < -0.3 is 5.32 Å².